The molecule has 6 aliphatic rings. The second kappa shape index (κ2) is 53.4. The molecular weight excluding hydrogens is 1910 g/mol. The lowest BCUT2D eigenvalue weighted by Crippen LogP contribution is -2.57. The number of likely N-dealkylation sites (tertiary alicyclic amines) is 2. The quantitative estimate of drug-likeness (QED) is 0.0161. The Morgan fingerprint density at radius 1 is 0.432 bits per heavy atom. The van der Waals surface area contributed by atoms with Crippen LogP contribution < -0.4 is 82.0 Å². The molecule has 0 bridgehead atoms. The zero-order valence-electron chi connectivity index (χ0n) is 90.5. The molecule has 3 unspecified atom stereocenters. The van der Waals surface area contributed by atoms with Gasteiger partial charge >= 0.3 is 36.2 Å². The smallest absolute Gasteiger partial charge is 0.411 e. The number of aliphatic hydroxyl groups is 2. The van der Waals surface area contributed by atoms with Crippen molar-refractivity contribution >= 4 is 110 Å². The van der Waals surface area contributed by atoms with Crippen molar-refractivity contribution in [1.29, 1.82) is 0 Å². The van der Waals surface area contributed by atoms with Gasteiger partial charge in [0.2, 0.25) is 35.2 Å². The zero-order chi connectivity index (χ0) is 110. The summed E-state index contributed by atoms with van der Waals surface area (Å²) in [7, 11) is 0. The molecule has 2 aliphatic heterocycles. The van der Waals surface area contributed by atoms with E-state index in [-0.39, 0.29) is 80.5 Å². The van der Waals surface area contributed by atoms with E-state index in [0.717, 1.165) is 88.8 Å². The first kappa shape index (κ1) is 120. The van der Waals surface area contributed by atoms with Gasteiger partial charge in [-0.25, -0.2) is 43.7 Å². The van der Waals surface area contributed by atoms with E-state index in [1.807, 2.05) is 177 Å². The molecule has 40 nitrogen and oxygen atoms in total. The van der Waals surface area contributed by atoms with Gasteiger partial charge in [0, 0.05) is 88.8 Å². The van der Waals surface area contributed by atoms with Crippen LogP contribution in [0.3, 0.4) is 0 Å². The number of aliphatic hydroxyl groups excluding tert-OH is 2. The number of urea groups is 2. The number of hydrogen-bond donors (Lipinski definition) is 14. The highest BCUT2D eigenvalue weighted by molar-refractivity contribution is 6.38. The van der Waals surface area contributed by atoms with Crippen LogP contribution in [0.4, 0.5) is 19.2 Å². The number of aromatic nitrogens is 3. The number of nitrogens with zero attached hydrogens (tertiary/aromatic N) is 5. The van der Waals surface area contributed by atoms with Crippen LogP contribution >= 0.6 is 0 Å². The Hall–Kier alpha value is -12.7. The number of carboxylic acids is 2. The summed E-state index contributed by atoms with van der Waals surface area (Å²) in [5.74, 6) is -4.02. The summed E-state index contributed by atoms with van der Waals surface area (Å²) in [6, 6.07) is 15.8. The summed E-state index contributed by atoms with van der Waals surface area (Å²) in [5.41, 5.74) is 1.99. The van der Waals surface area contributed by atoms with E-state index in [4.69, 9.17) is 48.7 Å². The normalized spacial score (nSPS) is 19.5. The summed E-state index contributed by atoms with van der Waals surface area (Å²) < 4.78 is 46.4. The molecule has 818 valence electrons. The third-order valence-corrected chi connectivity index (χ3v) is 24.3. The summed E-state index contributed by atoms with van der Waals surface area (Å²) >= 11 is 0. The van der Waals surface area contributed by atoms with E-state index in [2.05, 4.69) is 62.8 Å². The molecule has 2 saturated heterocycles. The number of Topliss-reactive ketones (excluding diaryl/α,β-unsaturated/α-hetero) is 2. The lowest BCUT2D eigenvalue weighted by molar-refractivity contribution is -0.142. The number of carboxylic acid groups (broad SMARTS) is 2. The number of carbonyl (C=O) groups is 13. The SMILES string of the molecule is CC(C)(C)NC(=O)N[C@H](C(=O)O)C(C)(C)C.CCC[C@H](N)C(O)C(=O)NC1CC1.CCC[C@H](NC(=O)[C@@H]1C[C@@H](Oc2nccc3cc(OCC)ccc23)CC1C(=O)[C@@H](NC(=O)NC(C)(C)C)C(C)(C)C)C(=O)C(=O)NC1CC1.CCC[C@H](NC(=O)[C@@H]1C[C@@H](Oc2nccc3cc(OCC)ccc23)CN1C(=O)OC(C)(C)C)C(O)C(=O)NC1CC1.CCOc1ccc2c(O[C@@H]3C[C@@H](C(=O)O)N(C(=O)OC(C)(C)C)C3)nccc2c1. The third-order valence-electron chi connectivity index (χ3n) is 24.3. The molecule has 6 fully saturated rings. The van der Waals surface area contributed by atoms with Gasteiger partial charge in [-0.05, 0) is 274 Å². The average molecular weight is 2070 g/mol. The lowest BCUT2D eigenvalue weighted by Gasteiger charge is -2.34. The Kier molecular flexibility index (Phi) is 43.5. The van der Waals surface area contributed by atoms with Crippen molar-refractivity contribution in [1.82, 2.24) is 72.6 Å². The van der Waals surface area contributed by atoms with Gasteiger partial charge in [0.1, 0.15) is 71.0 Å². The van der Waals surface area contributed by atoms with Crippen molar-refractivity contribution in [2.75, 3.05) is 32.9 Å². The molecule has 4 saturated carbocycles. The Balaban J connectivity index is 0.000000242. The summed E-state index contributed by atoms with van der Waals surface area (Å²) in [5, 5.41) is 68.4. The minimum Gasteiger partial charge on any atom is -0.494 e. The Labute approximate surface area is 868 Å². The first-order chi connectivity index (χ1) is 69.2. The Morgan fingerprint density at radius 3 is 1.18 bits per heavy atom. The molecule has 15 N–H and O–H groups in total. The van der Waals surface area contributed by atoms with Crippen LogP contribution in [-0.4, -0.2) is 269 Å². The molecule has 40 heteroatoms. The van der Waals surface area contributed by atoms with Crippen molar-refractivity contribution in [2.24, 2.45) is 28.4 Å². The van der Waals surface area contributed by atoms with E-state index in [1.165, 1.54) is 9.80 Å². The van der Waals surface area contributed by atoms with Crippen LogP contribution in [-0.2, 0) is 52.6 Å². The highest BCUT2D eigenvalue weighted by Crippen LogP contribution is 2.42. The lowest BCUT2D eigenvalue weighted by atomic mass is 9.77. The fraction of sp³-hybridized carbons (Fsp3) is 0.630. The predicted octanol–water partition coefficient (Wildman–Crippen LogP) is 12.7. The average Bonchev–Trinajstić information content (AvgIpc) is 1.55. The van der Waals surface area contributed by atoms with Crippen LogP contribution in [0.15, 0.2) is 91.4 Å². The van der Waals surface area contributed by atoms with Crippen molar-refractivity contribution in [3.8, 4) is 34.9 Å². The maximum Gasteiger partial charge on any atom is 0.411 e. The van der Waals surface area contributed by atoms with Crippen molar-refractivity contribution < 1.29 is 121 Å². The number of ketones is 2. The van der Waals surface area contributed by atoms with Crippen molar-refractivity contribution in [2.45, 2.75) is 382 Å². The van der Waals surface area contributed by atoms with Crippen LogP contribution in [0.1, 0.15) is 269 Å². The molecule has 0 radical (unpaired) electrons. The molecule has 5 heterocycles. The van der Waals surface area contributed by atoms with E-state index in [9.17, 15) is 77.6 Å². The number of benzene rings is 3. The van der Waals surface area contributed by atoms with Crippen LogP contribution in [0, 0.1) is 22.7 Å². The number of amides is 11. The zero-order valence-corrected chi connectivity index (χ0v) is 90.5. The van der Waals surface area contributed by atoms with Crippen LogP contribution in [0.25, 0.3) is 32.3 Å². The van der Waals surface area contributed by atoms with Crippen LogP contribution in [0.5, 0.6) is 34.9 Å². The molecule has 3 aromatic carbocycles. The number of fused-ring (bicyclic) bond motifs is 3. The number of pyridine rings is 3. The fourth-order valence-electron chi connectivity index (χ4n) is 16.8. The minimum atomic E-state index is -1.40. The van der Waals surface area contributed by atoms with Crippen LogP contribution in [0.2, 0.25) is 0 Å². The van der Waals surface area contributed by atoms with Gasteiger partial charge in [0.25, 0.3) is 17.7 Å². The highest BCUT2D eigenvalue weighted by Gasteiger charge is 2.51. The van der Waals surface area contributed by atoms with E-state index < -0.39 is 178 Å². The Bertz CT molecular complexity index is 5540. The molecule has 11 amide bonds. The monoisotopic (exact) mass is 2070 g/mol. The third kappa shape index (κ3) is 38.1. The topological polar surface area (TPSA) is 556 Å². The summed E-state index contributed by atoms with van der Waals surface area (Å²) in [4.78, 5) is 180. The highest BCUT2D eigenvalue weighted by atomic mass is 16.6. The maximum atomic E-state index is 14.5. The summed E-state index contributed by atoms with van der Waals surface area (Å²) in [6.45, 7) is 45.7. The van der Waals surface area contributed by atoms with E-state index >= 15 is 0 Å². The minimum absolute atomic E-state index is 0.00470. The van der Waals surface area contributed by atoms with Crippen molar-refractivity contribution in [3.05, 3.63) is 91.4 Å². The largest absolute Gasteiger partial charge is 0.494 e. The van der Waals surface area contributed by atoms with E-state index in [0.29, 0.717) is 68.9 Å². The maximum absolute atomic E-state index is 14.5. The number of aliphatic carboxylic acids is 2. The standard InChI is InChI=1S/C37H53N5O7.C30H42N4O7.C21H26N2O6.C11H22N2O3.C9H18N2O2/c1-9-11-28(30(44)33(46)39-22-12-13-22)40-32(45)27-20-24(49-34-25-15-14-23(48-10-2)18-21(25)16-17-38-34)19-26(27)29(43)31(36(3,4)5)41-35(47)42-37(6,7)8;1-6-8-23(25(35)27(37)32-19-9-10-19)33-26(36)24-16-21(17-34(24)29(38)41-30(3,4)5)40-28-22-12-11-20(39-7-2)15-18(22)13-14-31-28;1-5-27-14-6-7-16-13(10-14)8-9-22-18(16)28-15-11-17(19(24)25)23(12-15)20(26)29-21(2,3)4;1-10(2,3)7(8(14)15)12-9(16)13-11(4,5)6;1-2-3-7(10)8(12)9(13)11-6-4-5-6/h14-18,22,24,26-28,31H,9-13,19-20H2,1-8H3,(H,39,46)(H,40,45)(H2,41,42,47);11-15,19,21,23-25,35H,6-10,16-17H2,1-5H3,(H,32,37)(H,33,36);6-10,15,17H,5,11-12H2,1-4H3,(H,24,25);7H,1-6H3,(H,14,15)(H2,12,13,16);6-8,12H,2-5,10H2,1H3,(H,11,13)/t24-,26?,27+,28-,31+;21-,23+,24+,25?;15-,17+;7-;7-,8?/m01110/s1. The molecule has 4 aliphatic carbocycles. The second-order valence-electron chi connectivity index (χ2n) is 44.6. The molecule has 3 aromatic heterocycles. The number of rotatable bonds is 37. The molecular formula is C108H161N15O25. The molecule has 148 heavy (non-hydrogen) atoms. The number of carbonyl (C=O) groups excluding carboxylic acids is 11. The van der Waals surface area contributed by atoms with Gasteiger partial charge in [-0.2, -0.15) is 0 Å². The second-order valence-corrected chi connectivity index (χ2v) is 44.6. The number of hydrogen-bond acceptors (Lipinski definition) is 27. The molecule has 14 atom stereocenters. The van der Waals surface area contributed by atoms with Gasteiger partial charge in [0.15, 0.2) is 11.9 Å². The van der Waals surface area contributed by atoms with E-state index in [1.54, 1.807) is 80.9 Å². The molecule has 0 spiro atoms. The first-order valence-corrected chi connectivity index (χ1v) is 51.6. The summed E-state index contributed by atoms with van der Waals surface area (Å²) in [6.07, 6.45) is 9.15. The first-order valence-electron chi connectivity index (χ1n) is 51.6. The van der Waals surface area contributed by atoms with Gasteiger partial charge in [-0.3, -0.25) is 43.4 Å². The van der Waals surface area contributed by atoms with Gasteiger partial charge < -0.3 is 112 Å². The van der Waals surface area contributed by atoms with Gasteiger partial charge in [0.05, 0.1) is 57.0 Å². The number of nitrogens with one attached hydrogen (secondary N) is 9. The number of ether oxygens (including phenoxy) is 8. The van der Waals surface area contributed by atoms with Gasteiger partial charge in [-0.1, -0.05) is 81.6 Å². The van der Waals surface area contributed by atoms with Gasteiger partial charge in [-0.15, -0.1) is 0 Å². The number of nitrogens with two attached hydrogens (primary N) is 1. The molecule has 6 aromatic rings. The Morgan fingerprint density at radius 2 is 0.811 bits per heavy atom. The fourth-order valence-corrected chi connectivity index (χ4v) is 16.8. The predicted molar refractivity (Wildman–Crippen MR) is 558 cm³/mol. The molecule has 12 rings (SSSR count). The van der Waals surface area contributed by atoms with Crippen molar-refractivity contribution in [3.63, 3.8) is 0 Å².